The number of methoxy groups -OCH3 is 1. The third-order valence-electron chi connectivity index (χ3n) is 5.84. The van der Waals surface area contributed by atoms with Crippen LogP contribution in [0.3, 0.4) is 0 Å². The van der Waals surface area contributed by atoms with Crippen molar-refractivity contribution in [3.63, 3.8) is 0 Å². The van der Waals surface area contributed by atoms with Gasteiger partial charge in [-0.3, -0.25) is 4.99 Å². The van der Waals surface area contributed by atoms with E-state index in [1.54, 1.807) is 14.2 Å². The molecule has 2 saturated heterocycles. The quantitative estimate of drug-likeness (QED) is 0.302. The molecule has 33 heavy (non-hydrogen) atoms. The number of hydrogen-bond donors (Lipinski definition) is 2. The minimum absolute atomic E-state index is 0. The Hall–Kier alpha value is -1.91. The smallest absolute Gasteiger partial charge is 0.410 e. The van der Waals surface area contributed by atoms with Gasteiger partial charge in [0.25, 0.3) is 0 Å². The molecule has 0 spiro atoms. The van der Waals surface area contributed by atoms with Crippen molar-refractivity contribution >= 4 is 36.0 Å². The molecule has 8 nitrogen and oxygen atoms in total. The Kier molecular flexibility index (Phi) is 9.93. The third-order valence-corrected chi connectivity index (χ3v) is 5.84. The van der Waals surface area contributed by atoms with E-state index < -0.39 is 5.60 Å². The number of nitrogens with zero attached hydrogens (tertiary/aromatic N) is 2. The number of nitrogens with one attached hydrogen (secondary N) is 2. The Morgan fingerprint density at radius 3 is 2.42 bits per heavy atom. The van der Waals surface area contributed by atoms with E-state index in [-0.39, 0.29) is 54.3 Å². The maximum Gasteiger partial charge on any atom is 0.410 e. The van der Waals surface area contributed by atoms with Gasteiger partial charge in [0.05, 0.1) is 13.7 Å². The summed E-state index contributed by atoms with van der Waals surface area (Å²) in [6.45, 7) is 8.36. The van der Waals surface area contributed by atoms with Gasteiger partial charge in [0, 0.05) is 31.2 Å². The molecule has 2 N–H and O–H groups in total. The van der Waals surface area contributed by atoms with Crippen LogP contribution in [0.5, 0.6) is 11.5 Å². The first kappa shape index (κ1) is 27.3. The van der Waals surface area contributed by atoms with Gasteiger partial charge < -0.3 is 29.7 Å². The number of rotatable bonds is 6. The van der Waals surface area contributed by atoms with Crippen LogP contribution < -0.4 is 20.1 Å². The van der Waals surface area contributed by atoms with Crippen LogP contribution in [0.2, 0.25) is 0 Å². The molecule has 1 aromatic carbocycles. The largest absolute Gasteiger partial charge is 0.497 e. The van der Waals surface area contributed by atoms with E-state index in [1.165, 1.54) is 0 Å². The first-order chi connectivity index (χ1) is 15.2. The number of ether oxygens (including phenoxy) is 3. The molecule has 2 aliphatic rings. The second kappa shape index (κ2) is 12.0. The lowest BCUT2D eigenvalue weighted by Crippen LogP contribution is -2.55. The predicted octanol–water partition coefficient (Wildman–Crippen LogP) is 4.18. The molecular formula is C24H39IN4O4. The second-order valence-corrected chi connectivity index (χ2v) is 9.65. The van der Waals surface area contributed by atoms with Gasteiger partial charge in [-0.2, -0.15) is 0 Å². The summed E-state index contributed by atoms with van der Waals surface area (Å²) in [5.74, 6) is 2.29. The molecule has 2 fully saturated rings. The molecule has 3 unspecified atom stereocenters. The summed E-state index contributed by atoms with van der Waals surface area (Å²) >= 11 is 0. The Labute approximate surface area is 214 Å². The Morgan fingerprint density at radius 2 is 1.85 bits per heavy atom. The highest BCUT2D eigenvalue weighted by atomic mass is 127. The van der Waals surface area contributed by atoms with E-state index in [0.717, 1.165) is 43.1 Å². The fourth-order valence-electron chi connectivity index (χ4n) is 4.48. The van der Waals surface area contributed by atoms with Gasteiger partial charge in [0.15, 0.2) is 5.96 Å². The molecule has 1 amide bonds. The van der Waals surface area contributed by atoms with Gasteiger partial charge in [-0.15, -0.1) is 24.0 Å². The summed E-state index contributed by atoms with van der Waals surface area (Å²) in [6.07, 6.45) is 3.61. The lowest BCUT2D eigenvalue weighted by molar-refractivity contribution is 0.00544. The number of aliphatic imine (C=N–C) groups is 1. The molecule has 2 aliphatic heterocycles. The Balaban J connectivity index is 0.00000385. The van der Waals surface area contributed by atoms with Crippen molar-refractivity contribution in [3.8, 4) is 11.5 Å². The van der Waals surface area contributed by atoms with E-state index in [2.05, 4.69) is 15.6 Å². The van der Waals surface area contributed by atoms with E-state index in [1.807, 2.05) is 56.9 Å². The summed E-state index contributed by atoms with van der Waals surface area (Å²) in [5.41, 5.74) is -0.471. The fraction of sp³-hybridized carbons (Fsp3) is 0.667. The van der Waals surface area contributed by atoms with E-state index >= 15 is 0 Å². The average Bonchev–Trinajstić information content (AvgIpc) is 3.00. The Morgan fingerprint density at radius 1 is 1.21 bits per heavy atom. The van der Waals surface area contributed by atoms with E-state index in [4.69, 9.17) is 14.2 Å². The molecule has 2 bridgehead atoms. The van der Waals surface area contributed by atoms with Crippen molar-refractivity contribution in [2.24, 2.45) is 4.99 Å². The zero-order chi connectivity index (χ0) is 23.3. The monoisotopic (exact) mass is 574 g/mol. The molecule has 3 rings (SSSR count). The normalized spacial score (nSPS) is 23.3. The summed E-state index contributed by atoms with van der Waals surface area (Å²) < 4.78 is 16.9. The average molecular weight is 575 g/mol. The molecule has 1 aromatic rings. The molecular weight excluding hydrogens is 535 g/mol. The summed E-state index contributed by atoms with van der Waals surface area (Å²) in [4.78, 5) is 19.0. The van der Waals surface area contributed by atoms with Crippen LogP contribution in [-0.4, -0.2) is 67.5 Å². The highest BCUT2D eigenvalue weighted by Crippen LogP contribution is 2.36. The minimum atomic E-state index is -0.471. The first-order valence-electron chi connectivity index (χ1n) is 11.5. The van der Waals surface area contributed by atoms with Crippen LogP contribution in [0.15, 0.2) is 29.3 Å². The van der Waals surface area contributed by atoms with Crippen molar-refractivity contribution in [2.45, 2.75) is 83.2 Å². The number of carbonyl (C=O) groups excluding carboxylic acids is 1. The second-order valence-electron chi connectivity index (χ2n) is 9.65. The highest BCUT2D eigenvalue weighted by Gasteiger charge is 2.45. The van der Waals surface area contributed by atoms with Crippen LogP contribution in [0, 0.1) is 0 Å². The van der Waals surface area contributed by atoms with Gasteiger partial charge in [-0.05, 0) is 65.5 Å². The minimum Gasteiger partial charge on any atom is -0.497 e. The zero-order valence-electron chi connectivity index (χ0n) is 20.6. The number of fused-ring (bicyclic) bond motifs is 2. The lowest BCUT2D eigenvalue weighted by Gasteiger charge is -2.40. The number of amides is 1. The number of piperidine rings is 1. The maximum absolute atomic E-state index is 12.7. The van der Waals surface area contributed by atoms with Crippen molar-refractivity contribution < 1.29 is 19.0 Å². The van der Waals surface area contributed by atoms with Crippen LogP contribution in [0.1, 0.15) is 53.4 Å². The molecule has 0 radical (unpaired) electrons. The van der Waals surface area contributed by atoms with Crippen LogP contribution >= 0.6 is 24.0 Å². The number of halogens is 1. The SMILES string of the molecule is CN=C(NCC(C)Oc1cccc(OC)c1)NC1CC2CCC(C1)N2C(=O)OC(C)(C)C.I. The highest BCUT2D eigenvalue weighted by molar-refractivity contribution is 14.0. The molecule has 2 heterocycles. The van der Waals surface area contributed by atoms with Crippen LogP contribution in [0.4, 0.5) is 4.79 Å². The van der Waals surface area contributed by atoms with Crippen molar-refractivity contribution in [2.75, 3.05) is 20.7 Å². The molecule has 0 saturated carbocycles. The molecule has 0 aliphatic carbocycles. The van der Waals surface area contributed by atoms with Crippen LogP contribution in [-0.2, 0) is 4.74 Å². The topological polar surface area (TPSA) is 84.4 Å². The third kappa shape index (κ3) is 7.82. The number of benzene rings is 1. The van der Waals surface area contributed by atoms with E-state index in [9.17, 15) is 4.79 Å². The summed E-state index contributed by atoms with van der Waals surface area (Å²) in [7, 11) is 3.41. The molecule has 186 valence electrons. The molecule has 3 atom stereocenters. The fourth-order valence-corrected chi connectivity index (χ4v) is 4.48. The van der Waals surface area contributed by atoms with Gasteiger partial charge >= 0.3 is 6.09 Å². The number of carbonyl (C=O) groups is 1. The van der Waals surface area contributed by atoms with Gasteiger partial charge in [0.2, 0.25) is 0 Å². The van der Waals surface area contributed by atoms with Gasteiger partial charge in [-0.1, -0.05) is 6.07 Å². The van der Waals surface area contributed by atoms with Crippen molar-refractivity contribution in [3.05, 3.63) is 24.3 Å². The zero-order valence-corrected chi connectivity index (χ0v) is 22.9. The summed E-state index contributed by atoms with van der Waals surface area (Å²) in [6, 6.07) is 8.30. The van der Waals surface area contributed by atoms with Crippen molar-refractivity contribution in [1.82, 2.24) is 15.5 Å². The van der Waals surface area contributed by atoms with Gasteiger partial charge in [0.1, 0.15) is 23.2 Å². The van der Waals surface area contributed by atoms with Crippen molar-refractivity contribution in [1.29, 1.82) is 0 Å². The number of guanidine groups is 1. The lowest BCUT2D eigenvalue weighted by atomic mass is 9.98. The van der Waals surface area contributed by atoms with Gasteiger partial charge in [-0.25, -0.2) is 4.79 Å². The van der Waals surface area contributed by atoms with E-state index in [0.29, 0.717) is 6.54 Å². The molecule has 9 heteroatoms. The Bertz CT molecular complexity index is 800. The predicted molar refractivity (Wildman–Crippen MR) is 141 cm³/mol. The number of hydrogen-bond acceptors (Lipinski definition) is 5. The molecule has 0 aromatic heterocycles. The summed E-state index contributed by atoms with van der Waals surface area (Å²) in [5, 5.41) is 6.89. The standard InChI is InChI=1S/C24H38N4O4.HI/c1-16(31-21-9-7-8-20(14-21)30-6)15-26-22(25-5)27-17-12-18-10-11-19(13-17)28(18)23(29)32-24(2,3)4;/h7-9,14,16-19H,10-13,15H2,1-6H3,(H2,25,26,27);1H. The van der Waals surface area contributed by atoms with Crippen LogP contribution in [0.25, 0.3) is 0 Å². The maximum atomic E-state index is 12.7. The first-order valence-corrected chi connectivity index (χ1v) is 11.5.